The Bertz CT molecular complexity index is 250. The molecule has 0 saturated carbocycles. The van der Waals surface area contributed by atoms with Gasteiger partial charge in [-0.3, -0.25) is 0 Å². The average Bonchev–Trinajstić information content (AvgIpc) is 2.04. The highest BCUT2D eigenvalue weighted by molar-refractivity contribution is 14.1. The predicted molar refractivity (Wildman–Crippen MR) is 55.7 cm³/mol. The maximum atomic E-state index is 5.79. The summed E-state index contributed by atoms with van der Waals surface area (Å²) in [4.78, 5) is 0. The second-order valence-electron chi connectivity index (χ2n) is 2.09. The lowest BCUT2D eigenvalue weighted by Gasteiger charge is -2.04. The van der Waals surface area contributed by atoms with Crippen molar-refractivity contribution < 1.29 is 4.74 Å². The van der Waals surface area contributed by atoms with Gasteiger partial charge in [0.05, 0.1) is 7.11 Å². The van der Waals surface area contributed by atoms with Crippen LogP contribution in [0.25, 0.3) is 0 Å². The third-order valence-corrected chi connectivity index (χ3v) is 2.44. The number of halogens is 2. The molecule has 0 atom stereocenters. The Labute approximate surface area is 84.8 Å². The molecule has 60 valence electrons. The highest BCUT2D eigenvalue weighted by Gasteiger charge is 2.00. The van der Waals surface area contributed by atoms with Gasteiger partial charge in [0.2, 0.25) is 0 Å². The lowest BCUT2D eigenvalue weighted by Crippen LogP contribution is -1.88. The van der Waals surface area contributed by atoms with E-state index < -0.39 is 0 Å². The monoisotopic (exact) mass is 282 g/mol. The number of ether oxygens (including phenoxy) is 1. The van der Waals surface area contributed by atoms with Crippen molar-refractivity contribution in [2.24, 2.45) is 0 Å². The number of methoxy groups -OCH3 is 1. The minimum absolute atomic E-state index is 0.762. The fourth-order valence-electron chi connectivity index (χ4n) is 0.852. The molecule has 0 aromatic heterocycles. The Morgan fingerprint density at radius 2 is 2.27 bits per heavy atom. The van der Waals surface area contributed by atoms with E-state index in [4.69, 9.17) is 16.3 Å². The molecular weight excluding hydrogens is 274 g/mol. The van der Waals surface area contributed by atoms with Crippen LogP contribution in [0.5, 0.6) is 5.75 Å². The van der Waals surface area contributed by atoms with Crippen molar-refractivity contribution in [1.29, 1.82) is 0 Å². The summed E-state index contributed by atoms with van der Waals surface area (Å²) in [6, 6.07) is 5.64. The Kier molecular flexibility index (Phi) is 3.45. The Morgan fingerprint density at radius 3 is 2.82 bits per heavy atom. The van der Waals surface area contributed by atoms with Crippen molar-refractivity contribution >= 4 is 34.2 Å². The van der Waals surface area contributed by atoms with Crippen molar-refractivity contribution in [1.82, 2.24) is 0 Å². The molecule has 1 rings (SSSR count). The first kappa shape index (κ1) is 9.13. The molecule has 1 aromatic rings. The van der Waals surface area contributed by atoms with Gasteiger partial charge in [0.15, 0.2) is 0 Å². The number of rotatable bonds is 2. The fourth-order valence-corrected chi connectivity index (χ4v) is 1.64. The molecule has 0 fully saturated rings. The summed E-state index contributed by atoms with van der Waals surface area (Å²) in [6.07, 6.45) is 0. The zero-order valence-electron chi connectivity index (χ0n) is 6.10. The topological polar surface area (TPSA) is 9.23 Å². The highest BCUT2D eigenvalue weighted by atomic mass is 127. The first-order valence-corrected chi connectivity index (χ1v) is 5.06. The Morgan fingerprint density at radius 1 is 1.55 bits per heavy atom. The van der Waals surface area contributed by atoms with Gasteiger partial charge in [0.1, 0.15) is 5.75 Å². The first-order chi connectivity index (χ1) is 5.27. The minimum atomic E-state index is 0.762. The van der Waals surface area contributed by atoms with Crippen LogP contribution < -0.4 is 4.74 Å². The quantitative estimate of drug-likeness (QED) is 0.597. The molecule has 0 amide bonds. The van der Waals surface area contributed by atoms with Gasteiger partial charge >= 0.3 is 0 Å². The van der Waals surface area contributed by atoms with Crippen molar-refractivity contribution in [2.75, 3.05) is 7.11 Å². The van der Waals surface area contributed by atoms with Gasteiger partial charge in [-0.2, -0.15) is 0 Å². The zero-order valence-corrected chi connectivity index (χ0v) is 9.02. The van der Waals surface area contributed by atoms with Gasteiger partial charge in [-0.25, -0.2) is 0 Å². The van der Waals surface area contributed by atoms with Crippen molar-refractivity contribution in [3.8, 4) is 5.75 Å². The van der Waals surface area contributed by atoms with E-state index in [0.717, 1.165) is 20.8 Å². The fraction of sp³-hybridized carbons (Fsp3) is 0.250. The zero-order chi connectivity index (χ0) is 8.27. The van der Waals surface area contributed by atoms with E-state index in [1.54, 1.807) is 7.11 Å². The summed E-state index contributed by atoms with van der Waals surface area (Å²) in [5.74, 6) is 0.906. The van der Waals surface area contributed by atoms with Gasteiger partial charge < -0.3 is 4.74 Å². The van der Waals surface area contributed by atoms with Crippen molar-refractivity contribution in [3.05, 3.63) is 28.8 Å². The van der Waals surface area contributed by atoms with E-state index in [9.17, 15) is 0 Å². The summed E-state index contributed by atoms with van der Waals surface area (Å²) >= 11 is 8.07. The molecule has 0 spiro atoms. The summed E-state index contributed by atoms with van der Waals surface area (Å²) in [5.41, 5.74) is 1.14. The molecule has 0 saturated heterocycles. The van der Waals surface area contributed by atoms with E-state index in [2.05, 4.69) is 22.6 Å². The van der Waals surface area contributed by atoms with E-state index in [1.165, 1.54) is 0 Å². The van der Waals surface area contributed by atoms with Gasteiger partial charge in [-0.1, -0.05) is 34.2 Å². The second kappa shape index (κ2) is 4.16. The molecule has 0 aliphatic carbocycles. The molecule has 0 N–H and O–H groups in total. The summed E-state index contributed by atoms with van der Waals surface area (Å²) in [6.45, 7) is 0. The highest BCUT2D eigenvalue weighted by Crippen LogP contribution is 2.24. The van der Waals surface area contributed by atoms with Gasteiger partial charge in [-0.15, -0.1) is 0 Å². The SMILES string of the molecule is COc1ccc(Cl)cc1CI. The first-order valence-electron chi connectivity index (χ1n) is 3.16. The smallest absolute Gasteiger partial charge is 0.122 e. The van der Waals surface area contributed by atoms with E-state index >= 15 is 0 Å². The lowest BCUT2D eigenvalue weighted by molar-refractivity contribution is 0.411. The van der Waals surface area contributed by atoms with Crippen LogP contribution in [-0.4, -0.2) is 7.11 Å². The normalized spacial score (nSPS) is 9.73. The predicted octanol–water partition coefficient (Wildman–Crippen LogP) is 3.28. The third kappa shape index (κ3) is 2.24. The molecule has 3 heteroatoms. The minimum Gasteiger partial charge on any atom is -0.496 e. The van der Waals surface area contributed by atoms with E-state index in [0.29, 0.717) is 0 Å². The molecule has 0 aliphatic rings. The Balaban J connectivity index is 3.06. The summed E-state index contributed by atoms with van der Waals surface area (Å²) < 4.78 is 6.05. The average molecular weight is 283 g/mol. The molecule has 1 aromatic carbocycles. The molecule has 0 bridgehead atoms. The maximum absolute atomic E-state index is 5.79. The van der Waals surface area contributed by atoms with Crippen molar-refractivity contribution in [3.63, 3.8) is 0 Å². The summed E-state index contributed by atoms with van der Waals surface area (Å²) in [5, 5.41) is 0.762. The lowest BCUT2D eigenvalue weighted by atomic mass is 10.2. The van der Waals surface area contributed by atoms with E-state index in [-0.39, 0.29) is 0 Å². The van der Waals surface area contributed by atoms with Crippen LogP contribution in [0.2, 0.25) is 5.02 Å². The maximum Gasteiger partial charge on any atom is 0.122 e. The van der Waals surface area contributed by atoms with Crippen LogP contribution in [0.3, 0.4) is 0 Å². The molecular formula is C8H8ClIO. The standard InChI is InChI=1S/C8H8ClIO/c1-11-8-3-2-7(9)4-6(8)5-10/h2-4H,5H2,1H3. The third-order valence-electron chi connectivity index (χ3n) is 1.39. The molecule has 0 aliphatic heterocycles. The van der Waals surface area contributed by atoms with Gasteiger partial charge in [-0.05, 0) is 18.2 Å². The second-order valence-corrected chi connectivity index (χ2v) is 3.29. The molecule has 0 radical (unpaired) electrons. The number of alkyl halides is 1. The van der Waals surface area contributed by atoms with Crippen LogP contribution in [-0.2, 0) is 4.43 Å². The Hall–Kier alpha value is 0.0400. The van der Waals surface area contributed by atoms with Crippen LogP contribution >= 0.6 is 34.2 Å². The van der Waals surface area contributed by atoms with Crippen LogP contribution in [0, 0.1) is 0 Å². The van der Waals surface area contributed by atoms with Crippen molar-refractivity contribution in [2.45, 2.75) is 4.43 Å². The molecule has 0 heterocycles. The number of benzene rings is 1. The molecule has 1 nitrogen and oxygen atoms in total. The largest absolute Gasteiger partial charge is 0.496 e. The van der Waals surface area contributed by atoms with Crippen LogP contribution in [0.15, 0.2) is 18.2 Å². The number of hydrogen-bond donors (Lipinski definition) is 0. The molecule has 11 heavy (non-hydrogen) atoms. The summed E-state index contributed by atoms with van der Waals surface area (Å²) in [7, 11) is 1.67. The molecule has 0 unspecified atom stereocenters. The number of hydrogen-bond acceptors (Lipinski definition) is 1. The van der Waals surface area contributed by atoms with Gasteiger partial charge in [0, 0.05) is 15.0 Å². The van der Waals surface area contributed by atoms with Crippen LogP contribution in [0.1, 0.15) is 5.56 Å². The van der Waals surface area contributed by atoms with Gasteiger partial charge in [0.25, 0.3) is 0 Å². The van der Waals surface area contributed by atoms with E-state index in [1.807, 2.05) is 18.2 Å². The van der Waals surface area contributed by atoms with Crippen LogP contribution in [0.4, 0.5) is 0 Å².